The molecule has 2 N–H and O–H groups in total. The molecule has 7 heteroatoms. The molecule has 0 saturated heterocycles. The number of carbonyl (C=O) groups excluding carboxylic acids is 1. The second kappa shape index (κ2) is 7.19. The molecule has 0 aliphatic heterocycles. The molecule has 0 heterocycles. The summed E-state index contributed by atoms with van der Waals surface area (Å²) in [5.74, 6) is -4.31. The SMILES string of the molecule is CC(CCCNC(=O)c1cc(F)c(F)cc1Cl)C(=O)O. The van der Waals surface area contributed by atoms with Crippen LogP contribution in [-0.2, 0) is 4.79 Å². The minimum atomic E-state index is -1.15. The monoisotopic (exact) mass is 305 g/mol. The van der Waals surface area contributed by atoms with E-state index in [1.807, 2.05) is 0 Å². The summed E-state index contributed by atoms with van der Waals surface area (Å²) in [5, 5.41) is 11.0. The fourth-order valence-corrected chi connectivity index (χ4v) is 1.76. The van der Waals surface area contributed by atoms with Crippen LogP contribution in [0.4, 0.5) is 8.78 Å². The van der Waals surface area contributed by atoms with Crippen LogP contribution in [0.3, 0.4) is 0 Å². The van der Waals surface area contributed by atoms with Crippen LogP contribution in [0.5, 0.6) is 0 Å². The number of rotatable bonds is 6. The number of benzene rings is 1. The molecule has 1 atom stereocenters. The van der Waals surface area contributed by atoms with Gasteiger partial charge in [-0.3, -0.25) is 9.59 Å². The van der Waals surface area contributed by atoms with Crippen LogP contribution in [0.25, 0.3) is 0 Å². The Morgan fingerprint density at radius 3 is 2.55 bits per heavy atom. The normalized spacial score (nSPS) is 12.0. The standard InChI is InChI=1S/C13H14ClF2NO3/c1-7(13(19)20)3-2-4-17-12(18)8-5-10(15)11(16)6-9(8)14/h5-7H,2-4H2,1H3,(H,17,18)(H,19,20). The number of carbonyl (C=O) groups is 2. The highest BCUT2D eigenvalue weighted by molar-refractivity contribution is 6.33. The second-order valence-corrected chi connectivity index (χ2v) is 4.79. The van der Waals surface area contributed by atoms with Gasteiger partial charge in [-0.05, 0) is 25.0 Å². The predicted molar refractivity (Wildman–Crippen MR) is 69.7 cm³/mol. The highest BCUT2D eigenvalue weighted by Crippen LogP contribution is 2.19. The molecule has 1 aromatic carbocycles. The second-order valence-electron chi connectivity index (χ2n) is 4.38. The molecule has 0 bridgehead atoms. The Balaban J connectivity index is 2.52. The molecule has 20 heavy (non-hydrogen) atoms. The van der Waals surface area contributed by atoms with Crippen molar-refractivity contribution in [3.63, 3.8) is 0 Å². The van der Waals surface area contributed by atoms with Crippen molar-refractivity contribution in [3.8, 4) is 0 Å². The molecule has 1 aromatic rings. The quantitative estimate of drug-likeness (QED) is 0.627. The first-order valence-corrected chi connectivity index (χ1v) is 6.36. The van der Waals surface area contributed by atoms with Gasteiger partial charge in [0.05, 0.1) is 16.5 Å². The smallest absolute Gasteiger partial charge is 0.306 e. The number of nitrogens with one attached hydrogen (secondary N) is 1. The molecular formula is C13H14ClF2NO3. The van der Waals surface area contributed by atoms with Gasteiger partial charge >= 0.3 is 5.97 Å². The summed E-state index contributed by atoms with van der Waals surface area (Å²) in [5.41, 5.74) is -0.156. The van der Waals surface area contributed by atoms with Crippen molar-refractivity contribution in [2.24, 2.45) is 5.92 Å². The number of carboxylic acids is 1. The third-order valence-corrected chi connectivity index (χ3v) is 3.09. The highest BCUT2D eigenvalue weighted by Gasteiger charge is 2.15. The van der Waals surface area contributed by atoms with Crippen molar-refractivity contribution in [2.45, 2.75) is 19.8 Å². The van der Waals surface area contributed by atoms with Crippen molar-refractivity contribution in [3.05, 3.63) is 34.4 Å². The van der Waals surface area contributed by atoms with Crippen molar-refractivity contribution in [1.29, 1.82) is 0 Å². The molecule has 1 rings (SSSR count). The van der Waals surface area contributed by atoms with Gasteiger partial charge < -0.3 is 10.4 Å². The molecule has 1 amide bonds. The van der Waals surface area contributed by atoms with E-state index in [4.69, 9.17) is 16.7 Å². The molecule has 4 nitrogen and oxygen atoms in total. The zero-order valence-corrected chi connectivity index (χ0v) is 11.5. The van der Waals surface area contributed by atoms with Crippen molar-refractivity contribution < 1.29 is 23.5 Å². The fourth-order valence-electron chi connectivity index (χ4n) is 1.53. The average molecular weight is 306 g/mol. The van der Waals surface area contributed by atoms with Gasteiger partial charge in [0, 0.05) is 6.54 Å². The number of amides is 1. The highest BCUT2D eigenvalue weighted by atomic mass is 35.5. The summed E-state index contributed by atoms with van der Waals surface area (Å²) in [6.07, 6.45) is 0.863. The van der Waals surface area contributed by atoms with E-state index in [0.29, 0.717) is 12.8 Å². The Morgan fingerprint density at radius 2 is 1.95 bits per heavy atom. The fraction of sp³-hybridized carbons (Fsp3) is 0.385. The van der Waals surface area contributed by atoms with Crippen LogP contribution in [0, 0.1) is 17.6 Å². The predicted octanol–water partition coefficient (Wildman–Crippen LogP) is 2.85. The van der Waals surface area contributed by atoms with Gasteiger partial charge in [0.2, 0.25) is 0 Å². The van der Waals surface area contributed by atoms with Gasteiger partial charge in [0.25, 0.3) is 5.91 Å². The van der Waals surface area contributed by atoms with Gasteiger partial charge in [-0.1, -0.05) is 18.5 Å². The zero-order valence-electron chi connectivity index (χ0n) is 10.8. The van der Waals surface area contributed by atoms with Gasteiger partial charge in [-0.2, -0.15) is 0 Å². The average Bonchev–Trinajstić information content (AvgIpc) is 2.38. The first kappa shape index (κ1) is 16.4. The van der Waals surface area contributed by atoms with Gasteiger partial charge in [-0.25, -0.2) is 8.78 Å². The van der Waals surface area contributed by atoms with Gasteiger partial charge in [0.1, 0.15) is 0 Å². The van der Waals surface area contributed by atoms with Gasteiger partial charge in [0.15, 0.2) is 11.6 Å². The van der Waals surface area contributed by atoms with E-state index >= 15 is 0 Å². The van der Waals surface area contributed by atoms with Crippen LogP contribution < -0.4 is 5.32 Å². The molecule has 0 fully saturated rings. The zero-order chi connectivity index (χ0) is 15.3. The molecule has 0 saturated carbocycles. The van der Waals surface area contributed by atoms with E-state index in [1.54, 1.807) is 6.92 Å². The molecule has 110 valence electrons. The van der Waals surface area contributed by atoms with E-state index in [9.17, 15) is 18.4 Å². The first-order chi connectivity index (χ1) is 9.32. The Bertz CT molecular complexity index is 523. The lowest BCUT2D eigenvalue weighted by atomic mass is 10.1. The molecule has 0 radical (unpaired) electrons. The maximum absolute atomic E-state index is 13.0. The maximum Gasteiger partial charge on any atom is 0.306 e. The summed E-state index contributed by atoms with van der Waals surface area (Å²) in [7, 11) is 0. The van der Waals surface area contributed by atoms with Crippen molar-refractivity contribution in [2.75, 3.05) is 6.54 Å². The lowest BCUT2D eigenvalue weighted by Crippen LogP contribution is -2.25. The van der Waals surface area contributed by atoms with E-state index in [-0.39, 0.29) is 17.1 Å². The topological polar surface area (TPSA) is 66.4 Å². The Labute approximate surface area is 119 Å². The summed E-state index contributed by atoms with van der Waals surface area (Å²) in [6, 6.07) is 1.46. The minimum absolute atomic E-state index is 0.156. The van der Waals surface area contributed by atoms with Gasteiger partial charge in [-0.15, -0.1) is 0 Å². The van der Waals surface area contributed by atoms with E-state index in [1.165, 1.54) is 0 Å². The molecule has 0 spiro atoms. The molecule has 1 unspecified atom stereocenters. The molecule has 0 aliphatic rings. The van der Waals surface area contributed by atoms with Crippen molar-refractivity contribution >= 4 is 23.5 Å². The summed E-state index contributed by atoms with van der Waals surface area (Å²) < 4.78 is 25.9. The van der Waals surface area contributed by atoms with E-state index in [2.05, 4.69) is 5.32 Å². The Hall–Kier alpha value is -1.69. The van der Waals surface area contributed by atoms with Crippen LogP contribution in [-0.4, -0.2) is 23.5 Å². The number of aliphatic carboxylic acids is 1. The summed E-state index contributed by atoms with van der Waals surface area (Å²) in [6.45, 7) is 1.79. The van der Waals surface area contributed by atoms with Crippen LogP contribution in [0.15, 0.2) is 12.1 Å². The third-order valence-electron chi connectivity index (χ3n) is 2.78. The lowest BCUT2D eigenvalue weighted by Gasteiger charge is -2.09. The Morgan fingerprint density at radius 1 is 1.35 bits per heavy atom. The first-order valence-electron chi connectivity index (χ1n) is 5.98. The number of hydrogen-bond acceptors (Lipinski definition) is 2. The maximum atomic E-state index is 13.0. The molecule has 0 aliphatic carbocycles. The van der Waals surface area contributed by atoms with Crippen LogP contribution in [0.1, 0.15) is 30.1 Å². The summed E-state index contributed by atoms with van der Waals surface area (Å²) >= 11 is 5.66. The van der Waals surface area contributed by atoms with Crippen LogP contribution >= 0.6 is 11.6 Å². The Kier molecular flexibility index (Phi) is 5.88. The lowest BCUT2D eigenvalue weighted by molar-refractivity contribution is -0.141. The van der Waals surface area contributed by atoms with E-state index < -0.39 is 29.4 Å². The molecule has 0 aromatic heterocycles. The third kappa shape index (κ3) is 4.45. The van der Waals surface area contributed by atoms with Crippen LogP contribution in [0.2, 0.25) is 5.02 Å². The molecular weight excluding hydrogens is 292 g/mol. The largest absolute Gasteiger partial charge is 0.481 e. The minimum Gasteiger partial charge on any atom is -0.481 e. The number of hydrogen-bond donors (Lipinski definition) is 2. The van der Waals surface area contributed by atoms with E-state index in [0.717, 1.165) is 12.1 Å². The number of halogens is 3. The number of carboxylic acid groups (broad SMARTS) is 1. The van der Waals surface area contributed by atoms with Crippen molar-refractivity contribution in [1.82, 2.24) is 5.32 Å². The summed E-state index contributed by atoms with van der Waals surface area (Å²) in [4.78, 5) is 22.3.